The zero-order chi connectivity index (χ0) is 44.5. The van der Waals surface area contributed by atoms with Crippen LogP contribution in [-0.4, -0.2) is 38.2 Å². The molecule has 0 bridgehead atoms. The van der Waals surface area contributed by atoms with E-state index in [1.54, 1.807) is 12.1 Å². The topological polar surface area (TPSA) is 45.2 Å². The summed E-state index contributed by atoms with van der Waals surface area (Å²) in [6, 6.07) is 69.1. The third-order valence-electron chi connectivity index (χ3n) is 12.1. The van der Waals surface area contributed by atoms with Gasteiger partial charge in [0.25, 0.3) is 0 Å². The van der Waals surface area contributed by atoms with Gasteiger partial charge in [-0.3, -0.25) is 0 Å². The van der Waals surface area contributed by atoms with Crippen LogP contribution in [0.2, 0.25) is 16.8 Å². The predicted molar refractivity (Wildman–Crippen MR) is 272 cm³/mol. The number of nitrogens with zero attached hydrogens (tertiary/aromatic N) is 2. The molecule has 0 saturated carbocycles. The fraction of sp³-hybridized carbons (Fsp3) is 0.172. The molecule has 0 heterocycles. The van der Waals surface area contributed by atoms with E-state index in [0.29, 0.717) is 19.8 Å². The van der Waals surface area contributed by atoms with Crippen LogP contribution >= 0.6 is 0 Å². The maximum atomic E-state index is 9.99. The van der Waals surface area contributed by atoms with Crippen molar-refractivity contribution in [1.29, 1.82) is 0 Å². The second kappa shape index (κ2) is 20.3. The van der Waals surface area contributed by atoms with Crippen molar-refractivity contribution in [2.75, 3.05) is 29.6 Å². The molecular formula is C58H58GeN2O3. The van der Waals surface area contributed by atoms with Gasteiger partial charge in [0.2, 0.25) is 0 Å². The minimum absolute atomic E-state index is 0.248. The van der Waals surface area contributed by atoms with Crippen molar-refractivity contribution >= 4 is 51.8 Å². The van der Waals surface area contributed by atoms with E-state index in [9.17, 15) is 5.11 Å². The fourth-order valence-electron chi connectivity index (χ4n) is 8.12. The summed E-state index contributed by atoms with van der Waals surface area (Å²) in [5.41, 5.74) is 14.9. The first-order valence-electron chi connectivity index (χ1n) is 22.4. The van der Waals surface area contributed by atoms with Crippen LogP contribution in [0.3, 0.4) is 0 Å². The Morgan fingerprint density at radius 2 is 0.797 bits per heavy atom. The maximum absolute atomic E-state index is 9.99. The van der Waals surface area contributed by atoms with Gasteiger partial charge in [0.1, 0.15) is 5.75 Å². The molecule has 0 aliphatic heterocycles. The number of phenolic OH excluding ortho intramolecular Hbond substituents is 1. The number of ether oxygens (including phenoxy) is 2. The number of rotatable bonds is 17. The van der Waals surface area contributed by atoms with Gasteiger partial charge in [-0.1, -0.05) is 35.4 Å². The fourth-order valence-corrected chi connectivity index (χ4v) is 12.9. The van der Waals surface area contributed by atoms with Gasteiger partial charge < -0.3 is 10.0 Å². The molecule has 5 nitrogen and oxygen atoms in total. The molecule has 0 unspecified atom stereocenters. The second-order valence-electron chi connectivity index (χ2n) is 17.1. The third-order valence-corrected chi connectivity index (χ3v) is 19.2. The van der Waals surface area contributed by atoms with Gasteiger partial charge in [-0.25, -0.2) is 0 Å². The van der Waals surface area contributed by atoms with Gasteiger partial charge in [-0.05, 0) is 73.5 Å². The number of phenols is 1. The normalized spacial score (nSPS) is 11.3. The van der Waals surface area contributed by atoms with E-state index in [0.717, 1.165) is 57.4 Å². The summed E-state index contributed by atoms with van der Waals surface area (Å²) >= 11 is -2.25. The van der Waals surface area contributed by atoms with E-state index < -0.39 is 13.3 Å². The van der Waals surface area contributed by atoms with E-state index in [4.69, 9.17) is 9.47 Å². The van der Waals surface area contributed by atoms with Gasteiger partial charge in [0, 0.05) is 17.1 Å². The molecule has 1 N–H and O–H groups in total. The second-order valence-corrected chi connectivity index (χ2v) is 27.3. The Morgan fingerprint density at radius 3 is 1.19 bits per heavy atom. The third kappa shape index (κ3) is 10.8. The van der Waals surface area contributed by atoms with Gasteiger partial charge in [-0.2, -0.15) is 0 Å². The summed E-state index contributed by atoms with van der Waals surface area (Å²) in [5, 5.41) is 11.2. The molecule has 8 aromatic carbocycles. The molecule has 0 aliphatic carbocycles. The first-order valence-corrected chi connectivity index (χ1v) is 29.1. The molecule has 6 heteroatoms. The van der Waals surface area contributed by atoms with Crippen molar-refractivity contribution in [3.63, 3.8) is 0 Å². The Morgan fingerprint density at radius 1 is 0.438 bits per heavy atom. The van der Waals surface area contributed by atoms with Crippen LogP contribution in [0.1, 0.15) is 23.6 Å². The summed E-state index contributed by atoms with van der Waals surface area (Å²) in [6.45, 7) is 8.14. The van der Waals surface area contributed by atoms with Crippen LogP contribution in [0.15, 0.2) is 194 Å². The SMILES string of the molecule is CCOCCOc1ccc(C[CH2][Ge]([CH3])([CH3])[c]2ccc(-c3ccc(N(c4ccc(C)cc4)c4ccc(-c5ccc(N(c6ccc(C)cc6)c6ccc(O)cc6)cc5)cc4)cc3)cc2)cc1. The molecule has 0 spiro atoms. The zero-order valence-corrected chi connectivity index (χ0v) is 39.8. The number of benzene rings is 8. The number of hydrogen-bond acceptors (Lipinski definition) is 5. The van der Waals surface area contributed by atoms with Crippen molar-refractivity contribution in [2.45, 2.75) is 44.0 Å². The van der Waals surface area contributed by atoms with Gasteiger partial charge in [0.05, 0.1) is 0 Å². The Kier molecular flexibility index (Phi) is 14.0. The summed E-state index contributed by atoms with van der Waals surface area (Å²) in [6.07, 6.45) is 1.08. The Hall–Kier alpha value is -6.54. The van der Waals surface area contributed by atoms with E-state index in [2.05, 4.69) is 205 Å². The number of anilines is 6. The number of aryl methyl sites for hydroxylation is 3. The van der Waals surface area contributed by atoms with Crippen LogP contribution in [0, 0.1) is 13.8 Å². The van der Waals surface area contributed by atoms with E-state index in [-0.39, 0.29) is 5.75 Å². The van der Waals surface area contributed by atoms with E-state index >= 15 is 0 Å². The molecule has 0 aliphatic rings. The van der Waals surface area contributed by atoms with E-state index in [1.807, 2.05) is 19.1 Å². The van der Waals surface area contributed by atoms with Gasteiger partial charge in [-0.15, -0.1) is 0 Å². The van der Waals surface area contributed by atoms with Crippen molar-refractivity contribution in [1.82, 2.24) is 0 Å². The first-order chi connectivity index (χ1) is 31.1. The molecule has 64 heavy (non-hydrogen) atoms. The van der Waals surface area contributed by atoms with Crippen LogP contribution in [0.4, 0.5) is 34.1 Å². The van der Waals surface area contributed by atoms with Crippen molar-refractivity contribution in [3.8, 4) is 33.8 Å². The summed E-state index contributed by atoms with van der Waals surface area (Å²) in [5.74, 6) is 6.20. The molecule has 0 saturated heterocycles. The molecule has 8 aromatic rings. The van der Waals surface area contributed by atoms with Gasteiger partial charge in [0.15, 0.2) is 0 Å². The Balaban J connectivity index is 0.968. The molecule has 0 fully saturated rings. The molecule has 0 aromatic heterocycles. The zero-order valence-electron chi connectivity index (χ0n) is 37.7. The van der Waals surface area contributed by atoms with E-state index in [1.165, 1.54) is 37.5 Å². The summed E-state index contributed by atoms with van der Waals surface area (Å²) < 4.78 is 12.7. The van der Waals surface area contributed by atoms with Crippen LogP contribution in [0.25, 0.3) is 22.3 Å². The number of aromatic hydroxyl groups is 1. The first kappa shape index (κ1) is 44.1. The molecule has 0 radical (unpaired) electrons. The van der Waals surface area contributed by atoms with Crippen molar-refractivity contribution < 1.29 is 14.6 Å². The van der Waals surface area contributed by atoms with Crippen molar-refractivity contribution in [2.24, 2.45) is 0 Å². The minimum atomic E-state index is -2.25. The standard InChI is InChI=1S/C58H58GeN2O3/c1-6-63-41-42-64-58-37-11-45(12-38-58)39-40-59(4,5)50-21-13-46(14-22-50)47-15-27-53(28-16-47)60(51-23-7-43(2)8-24-51)54-29-17-48(18-30-54)49-19-31-55(32-20-49)61(52-25-9-44(3)10-26-52)56-33-35-57(62)36-34-56/h7-38,62H,6,39-42H2,1-5H3. The summed E-state index contributed by atoms with van der Waals surface area (Å²) in [4.78, 5) is 4.54. The summed E-state index contributed by atoms with van der Waals surface area (Å²) in [7, 11) is 0. The average Bonchev–Trinajstić information content (AvgIpc) is 3.33. The monoisotopic (exact) mass is 904 g/mol. The molecule has 8 rings (SSSR count). The van der Waals surface area contributed by atoms with Crippen molar-refractivity contribution in [3.05, 3.63) is 211 Å². The predicted octanol–water partition coefficient (Wildman–Crippen LogP) is 14.9. The Labute approximate surface area is 382 Å². The molecule has 0 atom stereocenters. The molecular weight excluding hydrogens is 845 g/mol. The average molecular weight is 904 g/mol. The quantitative estimate of drug-likeness (QED) is 0.0729. The molecule has 322 valence electrons. The number of hydrogen-bond donors (Lipinski definition) is 1. The molecule has 0 amide bonds. The van der Waals surface area contributed by atoms with Crippen LogP contribution in [-0.2, 0) is 11.2 Å². The van der Waals surface area contributed by atoms with Gasteiger partial charge >= 0.3 is 243 Å². The van der Waals surface area contributed by atoms with Crippen LogP contribution < -0.4 is 18.9 Å². The van der Waals surface area contributed by atoms with Crippen LogP contribution in [0.5, 0.6) is 11.5 Å². The Bertz CT molecular complexity index is 2650.